The Morgan fingerprint density at radius 1 is 1.56 bits per heavy atom. The minimum atomic E-state index is -0.202. The minimum absolute atomic E-state index is 0.202. The highest BCUT2D eigenvalue weighted by Crippen LogP contribution is 2.10. The molecule has 0 radical (unpaired) electrons. The van der Waals surface area contributed by atoms with Crippen molar-refractivity contribution in [2.45, 2.75) is 20.0 Å². The molecule has 0 saturated heterocycles. The summed E-state index contributed by atoms with van der Waals surface area (Å²) in [6.07, 6.45) is 6.74. The number of carbonyl (C=O) groups excluding carboxylic acids is 1. The summed E-state index contributed by atoms with van der Waals surface area (Å²) in [6, 6.07) is 0. The van der Waals surface area contributed by atoms with Crippen molar-refractivity contribution in [3.63, 3.8) is 0 Å². The fraction of sp³-hybridized carbons (Fsp3) is 0.364. The van der Waals surface area contributed by atoms with Crippen LogP contribution in [0.15, 0.2) is 24.9 Å². The summed E-state index contributed by atoms with van der Waals surface area (Å²) in [5.41, 5.74) is 6.54. The van der Waals surface area contributed by atoms with Gasteiger partial charge in [0.2, 0.25) is 0 Å². The lowest BCUT2D eigenvalue weighted by Crippen LogP contribution is -2.29. The number of hydrogen-bond acceptors (Lipinski definition) is 4. The van der Waals surface area contributed by atoms with Crippen LogP contribution in [0.2, 0.25) is 0 Å². The van der Waals surface area contributed by atoms with Crippen LogP contribution in [-0.4, -0.2) is 31.8 Å². The van der Waals surface area contributed by atoms with Gasteiger partial charge in [-0.1, -0.05) is 0 Å². The van der Waals surface area contributed by atoms with Gasteiger partial charge >= 0.3 is 0 Å². The number of carbonyl (C=O) groups is 1. The lowest BCUT2D eigenvalue weighted by atomic mass is 10.3. The molecule has 18 heavy (non-hydrogen) atoms. The molecule has 7 heteroatoms. The van der Waals surface area contributed by atoms with E-state index in [0.29, 0.717) is 31.0 Å². The molecule has 2 aromatic heterocycles. The van der Waals surface area contributed by atoms with E-state index in [1.54, 1.807) is 17.2 Å². The standard InChI is InChI=1S/C11H16N6O/c1-2-17-10(9(12)7-15-17)11(18)14-4-6-16-5-3-13-8-16/h3,5,7-8H,2,4,6,12H2,1H3,(H,14,18). The third-order valence-electron chi connectivity index (χ3n) is 2.60. The van der Waals surface area contributed by atoms with Crippen molar-refractivity contribution in [3.8, 4) is 0 Å². The van der Waals surface area contributed by atoms with Crippen LogP contribution in [-0.2, 0) is 13.1 Å². The van der Waals surface area contributed by atoms with E-state index in [1.165, 1.54) is 6.20 Å². The van der Waals surface area contributed by atoms with E-state index in [9.17, 15) is 4.79 Å². The molecule has 3 N–H and O–H groups in total. The second kappa shape index (κ2) is 5.35. The number of nitrogens with two attached hydrogens (primary N) is 1. The molecule has 0 aromatic carbocycles. The highest BCUT2D eigenvalue weighted by molar-refractivity contribution is 5.97. The van der Waals surface area contributed by atoms with Crippen LogP contribution in [0.25, 0.3) is 0 Å². The number of aryl methyl sites for hydroxylation is 1. The monoisotopic (exact) mass is 248 g/mol. The molecule has 2 heterocycles. The summed E-state index contributed by atoms with van der Waals surface area (Å²) in [7, 11) is 0. The Balaban J connectivity index is 1.93. The van der Waals surface area contributed by atoms with E-state index in [0.717, 1.165) is 0 Å². The topological polar surface area (TPSA) is 90.8 Å². The molecule has 7 nitrogen and oxygen atoms in total. The van der Waals surface area contributed by atoms with Gasteiger partial charge in [0, 0.05) is 32.0 Å². The van der Waals surface area contributed by atoms with Gasteiger partial charge < -0.3 is 15.6 Å². The number of nitrogens with one attached hydrogen (secondary N) is 1. The average molecular weight is 248 g/mol. The molecule has 0 atom stereocenters. The van der Waals surface area contributed by atoms with E-state index in [1.807, 2.05) is 17.7 Å². The largest absolute Gasteiger partial charge is 0.396 e. The summed E-state index contributed by atoms with van der Waals surface area (Å²) >= 11 is 0. The number of rotatable bonds is 5. The molecule has 2 aromatic rings. The Kier molecular flexibility index (Phi) is 3.61. The Morgan fingerprint density at radius 3 is 3.06 bits per heavy atom. The third kappa shape index (κ3) is 2.50. The van der Waals surface area contributed by atoms with Crippen LogP contribution >= 0.6 is 0 Å². The van der Waals surface area contributed by atoms with E-state index >= 15 is 0 Å². The molecule has 0 bridgehead atoms. The van der Waals surface area contributed by atoms with Crippen LogP contribution < -0.4 is 11.1 Å². The van der Waals surface area contributed by atoms with Gasteiger partial charge in [-0.3, -0.25) is 9.48 Å². The fourth-order valence-corrected chi connectivity index (χ4v) is 1.69. The first kappa shape index (κ1) is 12.2. The molecule has 0 unspecified atom stereocenters. The van der Waals surface area contributed by atoms with Crippen molar-refractivity contribution >= 4 is 11.6 Å². The van der Waals surface area contributed by atoms with Gasteiger partial charge in [0.25, 0.3) is 5.91 Å². The summed E-state index contributed by atoms with van der Waals surface area (Å²) < 4.78 is 3.47. The zero-order valence-corrected chi connectivity index (χ0v) is 10.2. The molecule has 0 aliphatic rings. The maximum absolute atomic E-state index is 12.0. The quantitative estimate of drug-likeness (QED) is 0.785. The second-order valence-electron chi connectivity index (χ2n) is 3.82. The Labute approximate surface area is 105 Å². The predicted molar refractivity (Wildman–Crippen MR) is 66.9 cm³/mol. The number of amides is 1. The van der Waals surface area contributed by atoms with E-state index in [-0.39, 0.29) is 5.91 Å². The Bertz CT molecular complexity index is 516. The van der Waals surface area contributed by atoms with Crippen LogP contribution in [0.1, 0.15) is 17.4 Å². The SMILES string of the molecule is CCn1ncc(N)c1C(=O)NCCn1ccnc1. The van der Waals surface area contributed by atoms with E-state index in [2.05, 4.69) is 15.4 Å². The molecule has 1 amide bonds. The highest BCUT2D eigenvalue weighted by atomic mass is 16.2. The van der Waals surface area contributed by atoms with Gasteiger partial charge in [-0.05, 0) is 6.92 Å². The second-order valence-corrected chi connectivity index (χ2v) is 3.82. The fourth-order valence-electron chi connectivity index (χ4n) is 1.69. The lowest BCUT2D eigenvalue weighted by Gasteiger charge is -2.08. The normalized spacial score (nSPS) is 10.5. The maximum Gasteiger partial charge on any atom is 0.271 e. The number of anilines is 1. The molecule has 0 aliphatic heterocycles. The van der Waals surface area contributed by atoms with Crippen molar-refractivity contribution in [2.24, 2.45) is 0 Å². The van der Waals surface area contributed by atoms with Crippen LogP contribution in [0.4, 0.5) is 5.69 Å². The first-order chi connectivity index (χ1) is 8.72. The summed E-state index contributed by atoms with van der Waals surface area (Å²) in [5.74, 6) is -0.202. The molecular formula is C11H16N6O. The lowest BCUT2D eigenvalue weighted by molar-refractivity contribution is 0.0942. The zero-order chi connectivity index (χ0) is 13.0. The van der Waals surface area contributed by atoms with Gasteiger partial charge in [0.05, 0.1) is 18.2 Å². The molecule has 0 saturated carbocycles. The first-order valence-electron chi connectivity index (χ1n) is 5.77. The van der Waals surface area contributed by atoms with Crippen LogP contribution in [0.5, 0.6) is 0 Å². The number of nitrogens with zero attached hydrogens (tertiary/aromatic N) is 4. The van der Waals surface area contributed by atoms with Crippen molar-refractivity contribution < 1.29 is 4.79 Å². The molecule has 2 rings (SSSR count). The average Bonchev–Trinajstić information content (AvgIpc) is 2.98. The minimum Gasteiger partial charge on any atom is -0.396 e. The molecule has 96 valence electrons. The maximum atomic E-state index is 12.0. The predicted octanol–water partition coefficient (Wildman–Crippen LogP) is 0.112. The van der Waals surface area contributed by atoms with Crippen molar-refractivity contribution in [2.75, 3.05) is 12.3 Å². The van der Waals surface area contributed by atoms with Gasteiger partial charge in [0.15, 0.2) is 0 Å². The Hall–Kier alpha value is -2.31. The molecule has 0 fully saturated rings. The number of nitrogen functional groups attached to an aromatic ring is 1. The zero-order valence-electron chi connectivity index (χ0n) is 10.2. The van der Waals surface area contributed by atoms with Gasteiger partial charge in [-0.25, -0.2) is 4.98 Å². The van der Waals surface area contributed by atoms with Crippen molar-refractivity contribution in [1.29, 1.82) is 0 Å². The molecular weight excluding hydrogens is 232 g/mol. The molecule has 0 spiro atoms. The number of hydrogen-bond donors (Lipinski definition) is 2. The van der Waals surface area contributed by atoms with E-state index in [4.69, 9.17) is 5.73 Å². The van der Waals surface area contributed by atoms with Crippen molar-refractivity contribution in [1.82, 2.24) is 24.6 Å². The van der Waals surface area contributed by atoms with Crippen molar-refractivity contribution in [3.05, 3.63) is 30.6 Å². The van der Waals surface area contributed by atoms with Crippen LogP contribution in [0, 0.1) is 0 Å². The highest BCUT2D eigenvalue weighted by Gasteiger charge is 2.15. The van der Waals surface area contributed by atoms with E-state index < -0.39 is 0 Å². The third-order valence-corrected chi connectivity index (χ3v) is 2.60. The Morgan fingerprint density at radius 2 is 2.39 bits per heavy atom. The molecule has 0 aliphatic carbocycles. The van der Waals surface area contributed by atoms with Gasteiger partial charge in [0.1, 0.15) is 5.69 Å². The summed E-state index contributed by atoms with van der Waals surface area (Å²) in [4.78, 5) is 15.9. The summed E-state index contributed by atoms with van der Waals surface area (Å²) in [6.45, 7) is 3.71. The van der Waals surface area contributed by atoms with Gasteiger partial charge in [-0.15, -0.1) is 0 Å². The smallest absolute Gasteiger partial charge is 0.271 e. The number of imidazole rings is 1. The summed E-state index contributed by atoms with van der Waals surface area (Å²) in [5, 5.41) is 6.84. The first-order valence-corrected chi connectivity index (χ1v) is 5.77. The van der Waals surface area contributed by atoms with Crippen LogP contribution in [0.3, 0.4) is 0 Å². The number of aromatic nitrogens is 4. The van der Waals surface area contributed by atoms with Gasteiger partial charge in [-0.2, -0.15) is 5.10 Å².